The number of carboxylic acid groups (broad SMARTS) is 1. The van der Waals surface area contributed by atoms with Gasteiger partial charge in [0.1, 0.15) is 0 Å². The molecule has 1 aromatic rings. The van der Waals surface area contributed by atoms with Crippen LogP contribution in [-0.2, 0) is 18.0 Å². The first kappa shape index (κ1) is 16.5. The van der Waals surface area contributed by atoms with Crippen LogP contribution in [0.4, 0.5) is 0 Å². The number of hydrogen-bond acceptors (Lipinski definition) is 6. The van der Waals surface area contributed by atoms with Crippen LogP contribution in [-0.4, -0.2) is 31.7 Å². The first-order valence-corrected chi connectivity index (χ1v) is 7.70. The van der Waals surface area contributed by atoms with Crippen LogP contribution in [0.1, 0.15) is 20.7 Å². The lowest BCUT2D eigenvalue weighted by Gasteiger charge is -2.12. The number of carbonyl (C=O) groups excluding carboxylic acids is 1. The van der Waals surface area contributed by atoms with Crippen LogP contribution in [0.15, 0.2) is 24.3 Å². The molecule has 0 spiro atoms. The van der Waals surface area contributed by atoms with Crippen molar-refractivity contribution >= 4 is 27.6 Å². The van der Waals surface area contributed by atoms with Crippen molar-refractivity contribution in [2.75, 3.05) is 0 Å². The Balaban J connectivity index is 3.01. The Bertz CT molecular complexity index is 632. The Morgan fingerprint density at radius 2 is 1.50 bits per heavy atom. The van der Waals surface area contributed by atoms with E-state index in [4.69, 9.17) is 19.8 Å². The number of carbonyl (C=O) groups is 2. The van der Waals surface area contributed by atoms with Crippen molar-refractivity contribution in [1.29, 1.82) is 0 Å². The van der Waals surface area contributed by atoms with Crippen LogP contribution in [0.5, 0.6) is 0 Å². The van der Waals surface area contributed by atoms with Gasteiger partial charge >= 0.3 is 27.6 Å². The molecule has 4 N–H and O–H groups in total. The number of aromatic carboxylic acids is 1. The summed E-state index contributed by atoms with van der Waals surface area (Å²) in [6.07, 6.45) is 0. The molecular formula is C8H8O10P2. The Hall–Kier alpha value is -1.54. The largest absolute Gasteiger partial charge is 0.538 e. The van der Waals surface area contributed by atoms with Gasteiger partial charge in [0.05, 0.1) is 11.1 Å². The predicted molar refractivity (Wildman–Crippen MR) is 61.8 cm³/mol. The van der Waals surface area contributed by atoms with Crippen molar-refractivity contribution in [1.82, 2.24) is 0 Å². The third kappa shape index (κ3) is 4.86. The average Bonchev–Trinajstić information content (AvgIpc) is 2.24. The van der Waals surface area contributed by atoms with Gasteiger partial charge in [0.25, 0.3) is 0 Å². The minimum absolute atomic E-state index is 0.520. The van der Waals surface area contributed by atoms with E-state index in [-0.39, 0.29) is 0 Å². The fraction of sp³-hybridized carbons (Fsp3) is 0. The second-order valence-corrected chi connectivity index (χ2v) is 6.02. The van der Waals surface area contributed by atoms with Crippen LogP contribution in [0.25, 0.3) is 0 Å². The molecule has 0 aliphatic rings. The van der Waals surface area contributed by atoms with E-state index in [1.54, 1.807) is 0 Å². The van der Waals surface area contributed by atoms with Crippen molar-refractivity contribution in [3.8, 4) is 0 Å². The molecule has 0 saturated heterocycles. The maximum absolute atomic E-state index is 11.5. The van der Waals surface area contributed by atoms with Gasteiger partial charge in [0.2, 0.25) is 0 Å². The molecule has 0 amide bonds. The summed E-state index contributed by atoms with van der Waals surface area (Å²) in [5.74, 6) is -3.08. The molecule has 12 heteroatoms. The highest BCUT2D eigenvalue weighted by Gasteiger charge is 2.36. The molecule has 1 aromatic carbocycles. The molecule has 10 nitrogen and oxygen atoms in total. The van der Waals surface area contributed by atoms with Crippen molar-refractivity contribution in [2.45, 2.75) is 0 Å². The van der Waals surface area contributed by atoms with Gasteiger partial charge in [-0.2, -0.15) is 4.31 Å². The zero-order chi connectivity index (χ0) is 15.6. The van der Waals surface area contributed by atoms with Gasteiger partial charge in [0, 0.05) is 0 Å². The van der Waals surface area contributed by atoms with Gasteiger partial charge in [-0.15, -0.1) is 0 Å². The summed E-state index contributed by atoms with van der Waals surface area (Å²) < 4.78 is 28.8. The second-order valence-electron chi connectivity index (χ2n) is 3.27. The fourth-order valence-electron chi connectivity index (χ4n) is 1.15. The van der Waals surface area contributed by atoms with Crippen molar-refractivity contribution in [2.24, 2.45) is 0 Å². The third-order valence-corrected chi connectivity index (χ3v) is 3.86. The number of hydrogen-bond donors (Lipinski definition) is 4. The molecule has 0 aliphatic carbocycles. The van der Waals surface area contributed by atoms with Gasteiger partial charge in [-0.25, -0.2) is 18.7 Å². The zero-order valence-corrected chi connectivity index (χ0v) is 11.2. The summed E-state index contributed by atoms with van der Waals surface area (Å²) >= 11 is 0. The smallest absolute Gasteiger partial charge is 0.478 e. The second kappa shape index (κ2) is 5.84. The topological polar surface area (TPSA) is 168 Å². The molecule has 0 aliphatic heterocycles. The quantitative estimate of drug-likeness (QED) is 0.566. The predicted octanol–water partition coefficient (Wildman–Crippen LogP) is 0.751. The summed E-state index contributed by atoms with van der Waals surface area (Å²) in [4.78, 5) is 48.0. The molecule has 1 unspecified atom stereocenters. The van der Waals surface area contributed by atoms with E-state index < -0.39 is 38.7 Å². The standard InChI is InChI=1S/C8H8O10P2/c9-7(10)5-3-1-2-4-6(5)8(11)17-20(15,16)18-19(12,13)14/h1-4H,(H,9,10)(H,15,16)(H2,12,13,14). The van der Waals surface area contributed by atoms with E-state index in [9.17, 15) is 18.7 Å². The summed E-state index contributed by atoms with van der Waals surface area (Å²) in [5.41, 5.74) is -1.10. The highest BCUT2D eigenvalue weighted by molar-refractivity contribution is 7.61. The first-order valence-electron chi connectivity index (χ1n) is 4.68. The summed E-state index contributed by atoms with van der Waals surface area (Å²) in [6.45, 7) is 0. The van der Waals surface area contributed by atoms with Crippen LogP contribution in [0.3, 0.4) is 0 Å². The maximum atomic E-state index is 11.5. The summed E-state index contributed by atoms with van der Waals surface area (Å²) in [5, 5.41) is 8.80. The lowest BCUT2D eigenvalue weighted by Crippen LogP contribution is -2.11. The monoisotopic (exact) mass is 326 g/mol. The van der Waals surface area contributed by atoms with Crippen LogP contribution < -0.4 is 0 Å². The number of rotatable bonds is 5. The number of phosphoric acid groups is 2. The molecule has 0 saturated carbocycles. The minimum atomic E-state index is -5.39. The van der Waals surface area contributed by atoms with E-state index >= 15 is 0 Å². The van der Waals surface area contributed by atoms with Crippen molar-refractivity contribution < 1.29 is 47.3 Å². The number of carboxylic acids is 1. The first-order chi connectivity index (χ1) is 9.02. The fourth-order valence-corrected chi connectivity index (χ4v) is 2.67. The molecular weight excluding hydrogens is 318 g/mol. The van der Waals surface area contributed by atoms with Gasteiger partial charge in [-0.1, -0.05) is 12.1 Å². The SMILES string of the molecule is O=C(O)c1ccccc1C(=O)OP(=O)(O)OP(=O)(O)O. The molecule has 0 bridgehead atoms. The van der Waals surface area contributed by atoms with Gasteiger partial charge < -0.3 is 19.4 Å². The molecule has 0 radical (unpaired) electrons. The molecule has 110 valence electrons. The van der Waals surface area contributed by atoms with Crippen molar-refractivity contribution in [3.05, 3.63) is 35.4 Å². The lowest BCUT2D eigenvalue weighted by atomic mass is 10.1. The third-order valence-electron chi connectivity index (χ3n) is 1.79. The van der Waals surface area contributed by atoms with E-state index in [1.165, 1.54) is 12.1 Å². The Labute approximate surface area is 111 Å². The normalized spacial score (nSPS) is 14.3. The molecule has 20 heavy (non-hydrogen) atoms. The van der Waals surface area contributed by atoms with E-state index in [1.807, 2.05) is 0 Å². The van der Waals surface area contributed by atoms with Crippen molar-refractivity contribution in [3.63, 3.8) is 0 Å². The Kier molecular flexibility index (Phi) is 4.82. The van der Waals surface area contributed by atoms with Crippen LogP contribution in [0.2, 0.25) is 0 Å². The van der Waals surface area contributed by atoms with Crippen LogP contribution >= 0.6 is 15.6 Å². The molecule has 0 fully saturated rings. The highest BCUT2D eigenvalue weighted by atomic mass is 31.3. The average molecular weight is 326 g/mol. The number of phosphoric ester groups is 1. The van der Waals surface area contributed by atoms with Gasteiger partial charge in [0.15, 0.2) is 0 Å². The van der Waals surface area contributed by atoms with Gasteiger partial charge in [-0.05, 0) is 12.1 Å². The zero-order valence-electron chi connectivity index (χ0n) is 9.44. The lowest BCUT2D eigenvalue weighted by molar-refractivity contribution is 0.0637. The van der Waals surface area contributed by atoms with E-state index in [0.717, 1.165) is 12.1 Å². The Morgan fingerprint density at radius 3 is 1.95 bits per heavy atom. The van der Waals surface area contributed by atoms with Crippen LogP contribution in [0, 0.1) is 0 Å². The maximum Gasteiger partial charge on any atom is 0.538 e. The minimum Gasteiger partial charge on any atom is -0.478 e. The molecule has 0 aromatic heterocycles. The Morgan fingerprint density at radius 1 is 1.00 bits per heavy atom. The highest BCUT2D eigenvalue weighted by Crippen LogP contribution is 2.57. The van der Waals surface area contributed by atoms with E-state index in [0.29, 0.717) is 0 Å². The summed E-state index contributed by atoms with van der Waals surface area (Å²) in [6, 6.07) is 4.58. The van der Waals surface area contributed by atoms with E-state index in [2.05, 4.69) is 8.83 Å². The molecule has 1 rings (SSSR count). The number of benzene rings is 1. The molecule has 0 heterocycles. The molecule has 1 atom stereocenters. The van der Waals surface area contributed by atoms with Gasteiger partial charge in [-0.3, -0.25) is 4.89 Å². The summed E-state index contributed by atoms with van der Waals surface area (Å²) in [7, 11) is -10.8.